The van der Waals surface area contributed by atoms with Crippen LogP contribution in [0.2, 0.25) is 0 Å². The quantitative estimate of drug-likeness (QED) is 0.606. The molecular formula is C21H25NO. The molecule has 2 rings (SSSR count). The molecule has 0 amide bonds. The van der Waals surface area contributed by atoms with Gasteiger partial charge in [-0.1, -0.05) is 73.2 Å². The molecule has 1 N–H and O–H groups in total. The molecule has 0 spiro atoms. The number of hydrogen-bond acceptors (Lipinski definition) is 2. The van der Waals surface area contributed by atoms with E-state index in [0.29, 0.717) is 6.04 Å². The molecular weight excluding hydrogens is 282 g/mol. The van der Waals surface area contributed by atoms with Crippen LogP contribution in [-0.4, -0.2) is 18.4 Å². The van der Waals surface area contributed by atoms with E-state index >= 15 is 0 Å². The van der Waals surface area contributed by atoms with E-state index in [-0.39, 0.29) is 5.78 Å². The Balaban J connectivity index is 2.11. The van der Waals surface area contributed by atoms with E-state index in [2.05, 4.69) is 44.3 Å². The lowest BCUT2D eigenvalue weighted by Crippen LogP contribution is -2.32. The van der Waals surface area contributed by atoms with Crippen LogP contribution in [0.5, 0.6) is 0 Å². The van der Waals surface area contributed by atoms with Gasteiger partial charge in [-0.3, -0.25) is 4.79 Å². The third kappa shape index (κ3) is 4.64. The molecule has 0 bridgehead atoms. The van der Waals surface area contributed by atoms with Crippen molar-refractivity contribution in [1.29, 1.82) is 0 Å². The van der Waals surface area contributed by atoms with Crippen molar-refractivity contribution in [2.24, 2.45) is 0 Å². The van der Waals surface area contributed by atoms with Crippen LogP contribution in [0.25, 0.3) is 0 Å². The van der Waals surface area contributed by atoms with Crippen LogP contribution >= 0.6 is 0 Å². The molecule has 0 saturated carbocycles. The van der Waals surface area contributed by atoms with Gasteiger partial charge < -0.3 is 5.32 Å². The minimum Gasteiger partial charge on any atom is -0.310 e. The van der Waals surface area contributed by atoms with Crippen LogP contribution in [-0.2, 0) is 6.42 Å². The molecule has 23 heavy (non-hydrogen) atoms. The first-order chi connectivity index (χ1) is 11.2. The number of carbonyl (C=O) groups is 1. The van der Waals surface area contributed by atoms with Gasteiger partial charge in [-0.2, -0.15) is 0 Å². The van der Waals surface area contributed by atoms with Crippen LogP contribution in [0.1, 0.15) is 42.3 Å². The molecule has 2 heteroatoms. The lowest BCUT2D eigenvalue weighted by Gasteiger charge is -2.19. The highest BCUT2D eigenvalue weighted by atomic mass is 16.1. The van der Waals surface area contributed by atoms with Crippen molar-refractivity contribution in [1.82, 2.24) is 5.32 Å². The number of nitrogens with one attached hydrogen (secondary N) is 1. The average Bonchev–Trinajstić information content (AvgIpc) is 2.61. The molecule has 0 aromatic heterocycles. The summed E-state index contributed by atoms with van der Waals surface area (Å²) in [6, 6.07) is 17.7. The van der Waals surface area contributed by atoms with Gasteiger partial charge >= 0.3 is 0 Å². The largest absolute Gasteiger partial charge is 0.310 e. The summed E-state index contributed by atoms with van der Waals surface area (Å²) < 4.78 is 0. The van der Waals surface area contributed by atoms with E-state index in [1.807, 2.05) is 42.5 Å². The van der Waals surface area contributed by atoms with Crippen molar-refractivity contribution in [3.05, 3.63) is 82.9 Å². The van der Waals surface area contributed by atoms with Crippen LogP contribution in [0.3, 0.4) is 0 Å². The maximum Gasteiger partial charge on any atom is 0.193 e. The first-order valence-corrected chi connectivity index (χ1v) is 8.20. The third-order valence-corrected chi connectivity index (χ3v) is 4.15. The monoisotopic (exact) mass is 307 g/mol. The summed E-state index contributed by atoms with van der Waals surface area (Å²) in [7, 11) is 0. The Labute approximate surface area is 139 Å². The maximum atomic E-state index is 12.4. The van der Waals surface area contributed by atoms with Gasteiger partial charge in [-0.15, -0.1) is 0 Å². The topological polar surface area (TPSA) is 29.1 Å². The van der Waals surface area contributed by atoms with E-state index < -0.39 is 0 Å². The molecule has 0 saturated heterocycles. The van der Waals surface area contributed by atoms with Crippen molar-refractivity contribution < 1.29 is 4.79 Å². The van der Waals surface area contributed by atoms with Crippen molar-refractivity contribution in [2.75, 3.05) is 6.54 Å². The highest BCUT2D eigenvalue weighted by Crippen LogP contribution is 2.14. The standard InChI is InChI=1S/C21H25NO/c1-4-16(3)20(22-5-2)15-17-11-13-19(14-12-17)21(23)18-9-7-6-8-10-18/h4,6-14,20,22H,5,15H2,1-3H3/b16-4-/t20-/m1/s1. The molecule has 0 fully saturated rings. The second kappa shape index (κ2) is 8.44. The number of allylic oxidation sites excluding steroid dienone is 1. The Morgan fingerprint density at radius 3 is 2.22 bits per heavy atom. The molecule has 0 aliphatic rings. The summed E-state index contributed by atoms with van der Waals surface area (Å²) in [6.07, 6.45) is 3.09. The van der Waals surface area contributed by atoms with E-state index in [4.69, 9.17) is 0 Å². The molecule has 0 unspecified atom stereocenters. The number of ketones is 1. The maximum absolute atomic E-state index is 12.4. The zero-order valence-corrected chi connectivity index (χ0v) is 14.2. The van der Waals surface area contributed by atoms with Gasteiger partial charge in [0.05, 0.1) is 0 Å². The summed E-state index contributed by atoms with van der Waals surface area (Å²) in [5, 5.41) is 3.51. The zero-order valence-electron chi connectivity index (χ0n) is 14.2. The third-order valence-electron chi connectivity index (χ3n) is 4.15. The summed E-state index contributed by atoms with van der Waals surface area (Å²) in [5.41, 5.74) is 4.05. The first kappa shape index (κ1) is 17.2. The highest BCUT2D eigenvalue weighted by molar-refractivity contribution is 6.08. The molecule has 120 valence electrons. The average molecular weight is 307 g/mol. The fourth-order valence-corrected chi connectivity index (χ4v) is 2.63. The summed E-state index contributed by atoms with van der Waals surface area (Å²) in [4.78, 5) is 12.4. The number of rotatable bonds is 7. The van der Waals surface area contributed by atoms with Gasteiger partial charge in [0.15, 0.2) is 5.78 Å². The van der Waals surface area contributed by atoms with Crippen molar-refractivity contribution in [3.63, 3.8) is 0 Å². The fraction of sp³-hybridized carbons (Fsp3) is 0.286. The van der Waals surface area contributed by atoms with Gasteiger partial charge in [0.2, 0.25) is 0 Å². The van der Waals surface area contributed by atoms with E-state index in [0.717, 1.165) is 24.1 Å². The van der Waals surface area contributed by atoms with Gasteiger partial charge in [0.25, 0.3) is 0 Å². The molecule has 0 aliphatic carbocycles. The minimum absolute atomic E-state index is 0.0741. The van der Waals surface area contributed by atoms with Crippen LogP contribution in [0.15, 0.2) is 66.2 Å². The molecule has 1 atom stereocenters. The summed E-state index contributed by atoms with van der Waals surface area (Å²) in [5.74, 6) is 0.0741. The molecule has 0 aliphatic heterocycles. The Kier molecular flexibility index (Phi) is 6.30. The van der Waals surface area contributed by atoms with Crippen LogP contribution in [0.4, 0.5) is 0 Å². The normalized spacial score (nSPS) is 12.9. The minimum atomic E-state index is 0.0741. The lowest BCUT2D eigenvalue weighted by molar-refractivity contribution is 0.103. The second-order valence-corrected chi connectivity index (χ2v) is 5.74. The van der Waals surface area contributed by atoms with Crippen molar-refractivity contribution in [3.8, 4) is 0 Å². The van der Waals surface area contributed by atoms with E-state index in [1.54, 1.807) is 0 Å². The molecule has 0 radical (unpaired) electrons. The Hall–Kier alpha value is -2.19. The van der Waals surface area contributed by atoms with Gasteiger partial charge in [-0.25, -0.2) is 0 Å². The van der Waals surface area contributed by atoms with Crippen LogP contribution in [0, 0.1) is 0 Å². The molecule has 2 aromatic rings. The highest BCUT2D eigenvalue weighted by Gasteiger charge is 2.11. The molecule has 2 nitrogen and oxygen atoms in total. The second-order valence-electron chi connectivity index (χ2n) is 5.74. The summed E-state index contributed by atoms with van der Waals surface area (Å²) in [6.45, 7) is 7.29. The van der Waals surface area contributed by atoms with Gasteiger partial charge in [-0.05, 0) is 32.4 Å². The molecule has 2 aromatic carbocycles. The van der Waals surface area contributed by atoms with Crippen molar-refractivity contribution in [2.45, 2.75) is 33.2 Å². The number of benzene rings is 2. The van der Waals surface area contributed by atoms with Crippen LogP contribution < -0.4 is 5.32 Å². The van der Waals surface area contributed by atoms with Crippen molar-refractivity contribution >= 4 is 5.78 Å². The molecule has 0 heterocycles. The number of carbonyl (C=O) groups excluding carboxylic acids is 1. The Bertz CT molecular complexity index is 656. The smallest absolute Gasteiger partial charge is 0.193 e. The predicted molar refractivity (Wildman–Crippen MR) is 96.9 cm³/mol. The van der Waals surface area contributed by atoms with E-state index in [1.165, 1.54) is 11.1 Å². The SMILES string of the molecule is C/C=C(/C)[C@@H](Cc1ccc(C(=O)c2ccccc2)cc1)NCC. The van der Waals surface area contributed by atoms with Gasteiger partial charge in [0, 0.05) is 17.2 Å². The van der Waals surface area contributed by atoms with E-state index in [9.17, 15) is 4.79 Å². The number of hydrogen-bond donors (Lipinski definition) is 1. The zero-order chi connectivity index (χ0) is 16.7. The lowest BCUT2D eigenvalue weighted by atomic mass is 9.97. The summed E-state index contributed by atoms with van der Waals surface area (Å²) >= 11 is 0. The fourth-order valence-electron chi connectivity index (χ4n) is 2.63. The number of likely N-dealkylation sites (N-methyl/N-ethyl adjacent to an activating group) is 1. The Morgan fingerprint density at radius 2 is 1.65 bits per heavy atom. The first-order valence-electron chi connectivity index (χ1n) is 8.20. The van der Waals surface area contributed by atoms with Gasteiger partial charge in [0.1, 0.15) is 0 Å². The Morgan fingerprint density at radius 1 is 1.04 bits per heavy atom. The predicted octanol–water partition coefficient (Wildman–Crippen LogP) is 4.40.